The number of urea groups is 1. The van der Waals surface area contributed by atoms with Gasteiger partial charge in [0.2, 0.25) is 0 Å². The predicted molar refractivity (Wildman–Crippen MR) is 80.5 cm³/mol. The first-order valence-electron chi connectivity index (χ1n) is 7.99. The quantitative estimate of drug-likeness (QED) is 0.852. The molecule has 1 N–H and O–H groups in total. The number of nitrogens with zero attached hydrogens (tertiary/aromatic N) is 1. The Morgan fingerprint density at radius 3 is 2.45 bits per heavy atom. The van der Waals surface area contributed by atoms with E-state index < -0.39 is 5.54 Å². The van der Waals surface area contributed by atoms with Gasteiger partial charge in [-0.3, -0.25) is 9.69 Å². The molecule has 1 aromatic carbocycles. The summed E-state index contributed by atoms with van der Waals surface area (Å²) in [5, 5.41) is 2.92. The van der Waals surface area contributed by atoms with Gasteiger partial charge in [-0.15, -0.1) is 0 Å². The van der Waals surface area contributed by atoms with Crippen molar-refractivity contribution in [1.82, 2.24) is 10.2 Å². The van der Waals surface area contributed by atoms with Crippen molar-refractivity contribution in [3.05, 3.63) is 35.6 Å². The van der Waals surface area contributed by atoms with Crippen molar-refractivity contribution in [2.75, 3.05) is 0 Å². The van der Waals surface area contributed by atoms with E-state index in [-0.39, 0.29) is 24.3 Å². The highest BCUT2D eigenvalue weighted by atomic mass is 19.1. The highest BCUT2D eigenvalue weighted by Gasteiger charge is 2.50. The van der Waals surface area contributed by atoms with Crippen LogP contribution in [-0.4, -0.2) is 22.4 Å². The largest absolute Gasteiger partial charge is 0.325 e. The van der Waals surface area contributed by atoms with Gasteiger partial charge in [-0.2, -0.15) is 0 Å². The zero-order valence-corrected chi connectivity index (χ0v) is 12.6. The summed E-state index contributed by atoms with van der Waals surface area (Å²) in [5.41, 5.74) is -0.100. The van der Waals surface area contributed by atoms with Gasteiger partial charge < -0.3 is 5.32 Å². The average molecular weight is 304 g/mol. The Labute approximate surface area is 129 Å². The summed E-state index contributed by atoms with van der Waals surface area (Å²) in [6.45, 7) is 0.129. The topological polar surface area (TPSA) is 49.4 Å². The Kier molecular flexibility index (Phi) is 4.14. The molecule has 0 atom stereocenters. The van der Waals surface area contributed by atoms with Gasteiger partial charge in [0.15, 0.2) is 0 Å². The van der Waals surface area contributed by atoms with Gasteiger partial charge in [0.1, 0.15) is 11.4 Å². The Morgan fingerprint density at radius 1 is 1.09 bits per heavy atom. The summed E-state index contributed by atoms with van der Waals surface area (Å²) < 4.78 is 13.3. The lowest BCUT2D eigenvalue weighted by atomic mass is 9.84. The summed E-state index contributed by atoms with van der Waals surface area (Å²) in [5.74, 6) is -0.506. The summed E-state index contributed by atoms with van der Waals surface area (Å²) in [7, 11) is 0. The summed E-state index contributed by atoms with van der Waals surface area (Å²) in [6, 6.07) is 5.69. The first-order valence-corrected chi connectivity index (χ1v) is 7.99. The number of rotatable bonds is 2. The van der Waals surface area contributed by atoms with E-state index in [0.29, 0.717) is 18.4 Å². The van der Waals surface area contributed by atoms with E-state index >= 15 is 0 Å². The molecular formula is C17H21FN2O2. The fourth-order valence-electron chi connectivity index (χ4n) is 3.49. The zero-order valence-electron chi connectivity index (χ0n) is 12.6. The van der Waals surface area contributed by atoms with E-state index in [1.165, 1.54) is 23.5 Å². The van der Waals surface area contributed by atoms with E-state index in [1.54, 1.807) is 12.1 Å². The van der Waals surface area contributed by atoms with Gasteiger partial charge >= 0.3 is 6.03 Å². The lowest BCUT2D eigenvalue weighted by molar-refractivity contribution is -0.132. The van der Waals surface area contributed by atoms with Crippen molar-refractivity contribution in [3.8, 4) is 0 Å². The molecule has 3 amide bonds. The fraction of sp³-hybridized carbons (Fsp3) is 0.529. The van der Waals surface area contributed by atoms with Crippen LogP contribution in [0.1, 0.15) is 50.5 Å². The first-order chi connectivity index (χ1) is 10.6. The number of hydrogen-bond acceptors (Lipinski definition) is 2. The van der Waals surface area contributed by atoms with E-state index in [9.17, 15) is 14.0 Å². The molecule has 1 saturated carbocycles. The molecule has 1 saturated heterocycles. The third kappa shape index (κ3) is 2.85. The van der Waals surface area contributed by atoms with Gasteiger partial charge in [-0.05, 0) is 30.5 Å². The van der Waals surface area contributed by atoms with Crippen LogP contribution in [0, 0.1) is 5.82 Å². The number of amides is 3. The second kappa shape index (κ2) is 6.07. The first kappa shape index (κ1) is 15.0. The monoisotopic (exact) mass is 304 g/mol. The maximum atomic E-state index is 13.3. The smallest absolute Gasteiger partial charge is 0.323 e. The molecule has 1 aliphatic heterocycles. The minimum absolute atomic E-state index is 0.129. The van der Waals surface area contributed by atoms with Crippen molar-refractivity contribution in [2.45, 2.75) is 57.0 Å². The lowest BCUT2D eigenvalue weighted by Crippen LogP contribution is -2.47. The van der Waals surface area contributed by atoms with Crippen molar-refractivity contribution in [1.29, 1.82) is 0 Å². The molecule has 2 aliphatic rings. The highest BCUT2D eigenvalue weighted by molar-refractivity contribution is 6.06. The predicted octanol–water partition coefficient (Wildman–Crippen LogP) is 3.36. The number of imide groups is 1. The Morgan fingerprint density at radius 2 is 1.77 bits per heavy atom. The van der Waals surface area contributed by atoms with Gasteiger partial charge in [0, 0.05) is 0 Å². The van der Waals surface area contributed by atoms with Crippen molar-refractivity contribution in [3.63, 3.8) is 0 Å². The number of carbonyl (C=O) groups excluding carboxylic acids is 2. The van der Waals surface area contributed by atoms with Crippen LogP contribution >= 0.6 is 0 Å². The second-order valence-corrected chi connectivity index (χ2v) is 6.30. The van der Waals surface area contributed by atoms with E-state index in [0.717, 1.165) is 25.7 Å². The molecule has 4 nitrogen and oxygen atoms in total. The van der Waals surface area contributed by atoms with Crippen molar-refractivity contribution < 1.29 is 14.0 Å². The van der Waals surface area contributed by atoms with Crippen molar-refractivity contribution in [2.24, 2.45) is 0 Å². The van der Waals surface area contributed by atoms with Crippen LogP contribution in [0.15, 0.2) is 24.3 Å². The maximum Gasteiger partial charge on any atom is 0.325 e. The van der Waals surface area contributed by atoms with Crippen LogP contribution < -0.4 is 5.32 Å². The Hall–Kier alpha value is -1.91. The molecule has 1 aliphatic carbocycles. The standard InChI is InChI=1S/C17H21FN2O2/c18-14-8-6-7-13(11-14)12-20-15(21)17(19-16(20)22)9-4-2-1-3-5-10-17/h6-8,11H,1-5,9-10,12H2,(H,19,22). The summed E-state index contributed by atoms with van der Waals surface area (Å²) >= 11 is 0. The Bertz CT molecular complexity index is 580. The third-order valence-electron chi connectivity index (χ3n) is 4.68. The number of benzene rings is 1. The molecule has 118 valence electrons. The number of halogens is 1. The van der Waals surface area contributed by atoms with Gasteiger partial charge in [-0.1, -0.05) is 44.2 Å². The Balaban J connectivity index is 1.78. The maximum absolute atomic E-state index is 13.3. The summed E-state index contributed by atoms with van der Waals surface area (Å²) in [4.78, 5) is 26.3. The van der Waals surface area contributed by atoms with Crippen LogP contribution in [0.4, 0.5) is 9.18 Å². The molecular weight excluding hydrogens is 283 g/mol. The molecule has 0 bridgehead atoms. The SMILES string of the molecule is O=C1NC2(CCCCCCC2)C(=O)N1Cc1cccc(F)c1. The van der Waals surface area contributed by atoms with E-state index in [1.807, 2.05) is 0 Å². The molecule has 1 spiro atoms. The fourth-order valence-corrected chi connectivity index (χ4v) is 3.49. The molecule has 5 heteroatoms. The van der Waals surface area contributed by atoms with E-state index in [4.69, 9.17) is 0 Å². The molecule has 1 heterocycles. The third-order valence-corrected chi connectivity index (χ3v) is 4.68. The highest BCUT2D eigenvalue weighted by Crippen LogP contribution is 2.32. The lowest BCUT2D eigenvalue weighted by Gasteiger charge is -2.28. The molecule has 0 unspecified atom stereocenters. The van der Waals surface area contributed by atoms with Crippen LogP contribution in [0.25, 0.3) is 0 Å². The minimum Gasteiger partial charge on any atom is -0.323 e. The van der Waals surface area contributed by atoms with Gasteiger partial charge in [0.05, 0.1) is 6.54 Å². The second-order valence-electron chi connectivity index (χ2n) is 6.30. The number of carbonyl (C=O) groups is 2. The molecule has 0 aromatic heterocycles. The van der Waals surface area contributed by atoms with Gasteiger partial charge in [-0.25, -0.2) is 9.18 Å². The van der Waals surface area contributed by atoms with Crippen LogP contribution in [0.2, 0.25) is 0 Å². The zero-order chi connectivity index (χ0) is 15.6. The summed E-state index contributed by atoms with van der Waals surface area (Å²) in [6.07, 6.45) is 6.74. The molecule has 3 rings (SSSR count). The van der Waals surface area contributed by atoms with E-state index in [2.05, 4.69) is 5.32 Å². The molecule has 0 radical (unpaired) electrons. The number of nitrogens with one attached hydrogen (secondary N) is 1. The normalized spacial score (nSPS) is 21.6. The van der Waals surface area contributed by atoms with Crippen molar-refractivity contribution >= 4 is 11.9 Å². The van der Waals surface area contributed by atoms with Crippen LogP contribution in [0.3, 0.4) is 0 Å². The average Bonchev–Trinajstić information content (AvgIpc) is 2.69. The molecule has 1 aromatic rings. The van der Waals surface area contributed by atoms with Gasteiger partial charge in [0.25, 0.3) is 5.91 Å². The number of hydrogen-bond donors (Lipinski definition) is 1. The minimum atomic E-state index is -0.731. The van der Waals surface area contributed by atoms with Crippen LogP contribution in [-0.2, 0) is 11.3 Å². The van der Waals surface area contributed by atoms with Crippen LogP contribution in [0.5, 0.6) is 0 Å². The molecule has 22 heavy (non-hydrogen) atoms. The molecule has 2 fully saturated rings.